The summed E-state index contributed by atoms with van der Waals surface area (Å²) in [4.78, 5) is 0. The van der Waals surface area contributed by atoms with Gasteiger partial charge in [-0.1, -0.05) is 63.9 Å². The van der Waals surface area contributed by atoms with Gasteiger partial charge in [0.25, 0.3) is 0 Å². The van der Waals surface area contributed by atoms with Crippen LogP contribution in [-0.2, 0) is 5.41 Å². The second-order valence-electron chi connectivity index (χ2n) is 4.69. The maximum Gasteiger partial charge on any atom is 0.0605 e. The third-order valence-electron chi connectivity index (χ3n) is 3.31. The van der Waals surface area contributed by atoms with Gasteiger partial charge in [0.15, 0.2) is 0 Å². The van der Waals surface area contributed by atoms with Gasteiger partial charge in [-0.25, -0.2) is 0 Å². The summed E-state index contributed by atoms with van der Waals surface area (Å²) < 4.78 is 0. The molecule has 15 heavy (non-hydrogen) atoms. The molecule has 1 aromatic rings. The van der Waals surface area contributed by atoms with Crippen molar-refractivity contribution in [3.05, 3.63) is 35.9 Å². The minimum atomic E-state index is -0.138. The van der Waals surface area contributed by atoms with Crippen LogP contribution in [0.4, 0.5) is 0 Å². The molecule has 0 N–H and O–H groups in total. The topological polar surface area (TPSA) is 0 Å². The molecule has 0 aliphatic heterocycles. The zero-order chi connectivity index (χ0) is 11.5. The monoisotopic (exact) mass is 200 g/mol. The van der Waals surface area contributed by atoms with E-state index in [2.05, 4.69) is 57.9 Å². The Hall–Kier alpha value is -1.22. The summed E-state index contributed by atoms with van der Waals surface area (Å²) in [5.41, 5.74) is 1.12. The van der Waals surface area contributed by atoms with Crippen molar-refractivity contribution in [2.75, 3.05) is 0 Å². The van der Waals surface area contributed by atoms with Crippen molar-refractivity contribution in [1.82, 2.24) is 0 Å². The molecule has 0 radical (unpaired) electrons. The van der Waals surface area contributed by atoms with Gasteiger partial charge in [-0.15, -0.1) is 6.42 Å². The van der Waals surface area contributed by atoms with E-state index in [4.69, 9.17) is 6.42 Å². The van der Waals surface area contributed by atoms with Crippen LogP contribution in [-0.4, -0.2) is 0 Å². The van der Waals surface area contributed by atoms with Crippen LogP contribution in [0.5, 0.6) is 0 Å². The molecule has 0 aliphatic rings. The highest BCUT2D eigenvalue weighted by atomic mass is 14.4. The van der Waals surface area contributed by atoms with E-state index in [0.29, 0.717) is 11.8 Å². The maximum absolute atomic E-state index is 5.79. The summed E-state index contributed by atoms with van der Waals surface area (Å²) in [6.45, 7) is 8.80. The van der Waals surface area contributed by atoms with E-state index in [0.717, 1.165) is 0 Å². The highest BCUT2D eigenvalue weighted by Gasteiger charge is 2.36. The Morgan fingerprint density at radius 1 is 1.00 bits per heavy atom. The molecule has 0 saturated heterocycles. The van der Waals surface area contributed by atoms with Gasteiger partial charge >= 0.3 is 0 Å². The van der Waals surface area contributed by atoms with Crippen LogP contribution in [0.1, 0.15) is 33.3 Å². The number of rotatable bonds is 3. The molecule has 0 unspecified atom stereocenters. The fourth-order valence-electron chi connectivity index (χ4n) is 2.46. The first-order chi connectivity index (χ1) is 7.05. The number of benzene rings is 1. The Bertz CT molecular complexity index is 330. The Labute approximate surface area is 93.7 Å². The van der Waals surface area contributed by atoms with Crippen LogP contribution in [0, 0.1) is 24.2 Å². The van der Waals surface area contributed by atoms with Crippen LogP contribution in [0.3, 0.4) is 0 Å². The van der Waals surface area contributed by atoms with Crippen molar-refractivity contribution in [3.8, 4) is 12.3 Å². The summed E-state index contributed by atoms with van der Waals surface area (Å²) in [7, 11) is 0. The minimum absolute atomic E-state index is 0.138. The standard InChI is InChI=1S/C15H20/c1-6-15(12(2)3,13(4)5)14-10-8-7-9-11-14/h1,7-13H,2-5H3. The quantitative estimate of drug-likeness (QED) is 0.650. The lowest BCUT2D eigenvalue weighted by molar-refractivity contribution is 0.299. The van der Waals surface area contributed by atoms with Gasteiger partial charge in [0.1, 0.15) is 0 Å². The second kappa shape index (κ2) is 4.53. The zero-order valence-electron chi connectivity index (χ0n) is 10.1. The van der Waals surface area contributed by atoms with Gasteiger partial charge in [-0.3, -0.25) is 0 Å². The highest BCUT2D eigenvalue weighted by molar-refractivity contribution is 5.36. The van der Waals surface area contributed by atoms with Gasteiger partial charge in [0.2, 0.25) is 0 Å². The molecule has 0 amide bonds. The second-order valence-corrected chi connectivity index (χ2v) is 4.69. The molecule has 0 heterocycles. The highest BCUT2D eigenvalue weighted by Crippen LogP contribution is 2.38. The smallest absolute Gasteiger partial charge is 0.0605 e. The average Bonchev–Trinajstić information content (AvgIpc) is 2.20. The lowest BCUT2D eigenvalue weighted by Gasteiger charge is -2.37. The fraction of sp³-hybridized carbons (Fsp3) is 0.467. The summed E-state index contributed by atoms with van der Waals surface area (Å²) in [5.74, 6) is 3.93. The predicted octanol–water partition coefficient (Wildman–Crippen LogP) is 3.87. The molecule has 0 fully saturated rings. The lowest BCUT2D eigenvalue weighted by atomic mass is 9.65. The van der Waals surface area contributed by atoms with Crippen LogP contribution in [0.25, 0.3) is 0 Å². The van der Waals surface area contributed by atoms with Crippen LogP contribution in [0.2, 0.25) is 0 Å². The molecule has 1 rings (SSSR count). The molecule has 0 aliphatic carbocycles. The van der Waals surface area contributed by atoms with E-state index in [1.165, 1.54) is 5.56 Å². The van der Waals surface area contributed by atoms with E-state index in [-0.39, 0.29) is 5.41 Å². The first kappa shape index (κ1) is 11.9. The van der Waals surface area contributed by atoms with E-state index < -0.39 is 0 Å². The summed E-state index contributed by atoms with van der Waals surface area (Å²) >= 11 is 0. The summed E-state index contributed by atoms with van der Waals surface area (Å²) in [5, 5.41) is 0. The van der Waals surface area contributed by atoms with Crippen LogP contribution in [0.15, 0.2) is 30.3 Å². The zero-order valence-corrected chi connectivity index (χ0v) is 10.1. The van der Waals surface area contributed by atoms with Gasteiger partial charge in [0, 0.05) is 0 Å². The third kappa shape index (κ3) is 1.92. The van der Waals surface area contributed by atoms with Crippen molar-refractivity contribution < 1.29 is 0 Å². The largest absolute Gasteiger partial charge is 0.119 e. The van der Waals surface area contributed by atoms with Crippen molar-refractivity contribution in [2.24, 2.45) is 11.8 Å². The number of hydrogen-bond acceptors (Lipinski definition) is 0. The van der Waals surface area contributed by atoms with Crippen molar-refractivity contribution in [2.45, 2.75) is 33.1 Å². The molecular weight excluding hydrogens is 180 g/mol. The van der Waals surface area contributed by atoms with Crippen molar-refractivity contribution in [1.29, 1.82) is 0 Å². The number of hydrogen-bond donors (Lipinski definition) is 0. The SMILES string of the molecule is C#CC(c1ccccc1)(C(C)C)C(C)C. The molecular formula is C15H20. The molecule has 80 valence electrons. The van der Waals surface area contributed by atoms with E-state index in [1.807, 2.05) is 6.07 Å². The van der Waals surface area contributed by atoms with Crippen LogP contribution >= 0.6 is 0 Å². The maximum atomic E-state index is 5.79. The summed E-state index contributed by atoms with van der Waals surface area (Å²) in [6, 6.07) is 10.4. The average molecular weight is 200 g/mol. The van der Waals surface area contributed by atoms with Crippen LogP contribution < -0.4 is 0 Å². The van der Waals surface area contributed by atoms with Gasteiger partial charge in [-0.2, -0.15) is 0 Å². The predicted molar refractivity (Wildman–Crippen MR) is 66.6 cm³/mol. The fourth-order valence-corrected chi connectivity index (χ4v) is 2.46. The van der Waals surface area contributed by atoms with Gasteiger partial charge in [0.05, 0.1) is 5.41 Å². The Balaban J connectivity index is 3.30. The van der Waals surface area contributed by atoms with E-state index in [9.17, 15) is 0 Å². The molecule has 0 heteroatoms. The molecule has 1 aromatic carbocycles. The molecule has 0 spiro atoms. The Morgan fingerprint density at radius 3 is 1.80 bits per heavy atom. The van der Waals surface area contributed by atoms with Crippen molar-refractivity contribution in [3.63, 3.8) is 0 Å². The normalized spacial score (nSPS) is 11.8. The number of terminal acetylenes is 1. The molecule has 0 atom stereocenters. The molecule has 0 nitrogen and oxygen atoms in total. The lowest BCUT2D eigenvalue weighted by Crippen LogP contribution is -2.36. The molecule has 0 bridgehead atoms. The van der Waals surface area contributed by atoms with E-state index >= 15 is 0 Å². The first-order valence-electron chi connectivity index (χ1n) is 5.59. The first-order valence-corrected chi connectivity index (χ1v) is 5.59. The third-order valence-corrected chi connectivity index (χ3v) is 3.31. The molecule has 0 aromatic heterocycles. The Kier molecular flexibility index (Phi) is 3.58. The van der Waals surface area contributed by atoms with Gasteiger partial charge < -0.3 is 0 Å². The Morgan fingerprint density at radius 2 is 1.47 bits per heavy atom. The van der Waals surface area contributed by atoms with Crippen molar-refractivity contribution >= 4 is 0 Å². The summed E-state index contributed by atoms with van der Waals surface area (Å²) in [6.07, 6.45) is 5.79. The molecule has 0 saturated carbocycles. The van der Waals surface area contributed by atoms with E-state index in [1.54, 1.807) is 0 Å². The minimum Gasteiger partial charge on any atom is -0.119 e. The van der Waals surface area contributed by atoms with Gasteiger partial charge in [-0.05, 0) is 17.4 Å².